The SMILES string of the molecule is Cc1cc(C)n2nc(S[C@H](C)c3nnc(C(F)(F)F)o3)nc2n1. The Balaban J connectivity index is 1.84. The summed E-state index contributed by atoms with van der Waals surface area (Å²) in [6.07, 6.45) is -4.66. The Bertz CT molecular complexity index is 858. The molecule has 11 heteroatoms. The predicted molar refractivity (Wildman–Crippen MR) is 73.8 cm³/mol. The summed E-state index contributed by atoms with van der Waals surface area (Å²) in [6, 6.07) is 1.85. The van der Waals surface area contributed by atoms with Gasteiger partial charge in [-0.25, -0.2) is 9.50 Å². The summed E-state index contributed by atoms with van der Waals surface area (Å²) in [5, 5.41) is 10.5. The summed E-state index contributed by atoms with van der Waals surface area (Å²) in [6.45, 7) is 5.34. The first kappa shape index (κ1) is 15.7. The molecule has 0 radical (unpaired) electrons. The minimum atomic E-state index is -4.66. The maximum atomic E-state index is 12.5. The number of fused-ring (bicyclic) bond motifs is 1. The topological polar surface area (TPSA) is 82.0 Å². The molecule has 0 spiro atoms. The van der Waals surface area contributed by atoms with Gasteiger partial charge in [-0.3, -0.25) is 0 Å². The fraction of sp³-hybridized carbons (Fsp3) is 0.417. The van der Waals surface area contributed by atoms with Crippen LogP contribution >= 0.6 is 11.8 Å². The second-order valence-corrected chi connectivity index (χ2v) is 6.16. The number of rotatable bonds is 3. The van der Waals surface area contributed by atoms with Crippen LogP contribution in [0.4, 0.5) is 13.2 Å². The van der Waals surface area contributed by atoms with Crippen LogP contribution in [0.2, 0.25) is 0 Å². The molecule has 0 fully saturated rings. The van der Waals surface area contributed by atoms with Gasteiger partial charge in [-0.05, 0) is 26.8 Å². The van der Waals surface area contributed by atoms with Gasteiger partial charge < -0.3 is 4.42 Å². The second-order valence-electron chi connectivity index (χ2n) is 4.85. The van der Waals surface area contributed by atoms with Gasteiger partial charge >= 0.3 is 12.1 Å². The molecule has 0 aliphatic carbocycles. The number of aryl methyl sites for hydroxylation is 2. The van der Waals surface area contributed by atoms with Crippen molar-refractivity contribution in [3.05, 3.63) is 29.2 Å². The predicted octanol–water partition coefficient (Wildman–Crippen LogP) is 3.00. The Labute approximate surface area is 132 Å². The number of nitrogens with zero attached hydrogens (tertiary/aromatic N) is 6. The van der Waals surface area contributed by atoms with E-state index >= 15 is 0 Å². The van der Waals surface area contributed by atoms with E-state index in [0.29, 0.717) is 10.9 Å². The zero-order valence-electron chi connectivity index (χ0n) is 12.3. The number of alkyl halides is 3. The van der Waals surface area contributed by atoms with Crippen molar-refractivity contribution >= 4 is 17.5 Å². The molecule has 0 aliphatic rings. The van der Waals surface area contributed by atoms with Crippen molar-refractivity contribution in [2.24, 2.45) is 0 Å². The lowest BCUT2D eigenvalue weighted by Gasteiger charge is -2.02. The van der Waals surface area contributed by atoms with Crippen LogP contribution in [0.25, 0.3) is 5.78 Å². The van der Waals surface area contributed by atoms with Gasteiger partial charge in [-0.15, -0.1) is 15.3 Å². The van der Waals surface area contributed by atoms with Gasteiger partial charge in [0.1, 0.15) is 0 Å². The first-order valence-corrected chi connectivity index (χ1v) is 7.40. The van der Waals surface area contributed by atoms with E-state index in [2.05, 4.69) is 29.7 Å². The van der Waals surface area contributed by atoms with Gasteiger partial charge in [-0.1, -0.05) is 11.8 Å². The molecule has 122 valence electrons. The van der Waals surface area contributed by atoms with Crippen LogP contribution in [0.15, 0.2) is 15.6 Å². The highest BCUT2D eigenvalue weighted by molar-refractivity contribution is 7.99. The normalized spacial score (nSPS) is 13.7. The molecule has 0 unspecified atom stereocenters. The lowest BCUT2D eigenvalue weighted by atomic mass is 10.4. The highest BCUT2D eigenvalue weighted by Crippen LogP contribution is 2.35. The van der Waals surface area contributed by atoms with Crippen molar-refractivity contribution in [2.75, 3.05) is 0 Å². The molecule has 0 bridgehead atoms. The average molecular weight is 344 g/mol. The molecular formula is C12H11F3N6OS. The third kappa shape index (κ3) is 3.14. The van der Waals surface area contributed by atoms with Gasteiger partial charge in [0.2, 0.25) is 11.0 Å². The van der Waals surface area contributed by atoms with Gasteiger partial charge in [0.05, 0.1) is 5.25 Å². The molecule has 1 atom stereocenters. The molecule has 3 aromatic rings. The minimum Gasteiger partial charge on any atom is -0.416 e. The zero-order valence-corrected chi connectivity index (χ0v) is 13.1. The Kier molecular flexibility index (Phi) is 3.74. The monoisotopic (exact) mass is 344 g/mol. The third-order valence-electron chi connectivity index (χ3n) is 2.91. The molecule has 0 saturated carbocycles. The van der Waals surface area contributed by atoms with Gasteiger partial charge in [0, 0.05) is 11.4 Å². The number of hydrogen-bond donors (Lipinski definition) is 0. The molecular weight excluding hydrogens is 333 g/mol. The van der Waals surface area contributed by atoms with Crippen LogP contribution in [-0.4, -0.2) is 29.8 Å². The number of halogens is 3. The Morgan fingerprint density at radius 3 is 2.61 bits per heavy atom. The lowest BCUT2D eigenvalue weighted by Crippen LogP contribution is -2.04. The number of thioether (sulfide) groups is 1. The second kappa shape index (κ2) is 5.48. The summed E-state index contributed by atoms with van der Waals surface area (Å²) in [7, 11) is 0. The van der Waals surface area contributed by atoms with E-state index in [-0.39, 0.29) is 5.89 Å². The molecule has 7 nitrogen and oxygen atoms in total. The number of aromatic nitrogens is 6. The highest BCUT2D eigenvalue weighted by Gasteiger charge is 2.38. The van der Waals surface area contributed by atoms with E-state index in [1.807, 2.05) is 19.9 Å². The van der Waals surface area contributed by atoms with E-state index < -0.39 is 17.3 Å². The highest BCUT2D eigenvalue weighted by atomic mass is 32.2. The van der Waals surface area contributed by atoms with Gasteiger partial charge in [-0.2, -0.15) is 18.2 Å². The van der Waals surface area contributed by atoms with E-state index in [9.17, 15) is 13.2 Å². The summed E-state index contributed by atoms with van der Waals surface area (Å²) >= 11 is 1.11. The third-order valence-corrected chi connectivity index (χ3v) is 3.85. The van der Waals surface area contributed by atoms with Crippen LogP contribution in [-0.2, 0) is 6.18 Å². The maximum Gasteiger partial charge on any atom is 0.470 e. The summed E-state index contributed by atoms with van der Waals surface area (Å²) in [5.74, 6) is -1.07. The fourth-order valence-corrected chi connectivity index (χ4v) is 2.70. The van der Waals surface area contributed by atoms with Crippen molar-refractivity contribution in [1.29, 1.82) is 0 Å². The quantitative estimate of drug-likeness (QED) is 0.676. The summed E-state index contributed by atoms with van der Waals surface area (Å²) in [4.78, 5) is 8.50. The van der Waals surface area contributed by atoms with Gasteiger partial charge in [0.25, 0.3) is 5.78 Å². The molecule has 0 aromatic carbocycles. The smallest absolute Gasteiger partial charge is 0.416 e. The van der Waals surface area contributed by atoms with Crippen molar-refractivity contribution in [3.8, 4) is 0 Å². The summed E-state index contributed by atoms with van der Waals surface area (Å²) < 4.78 is 43.6. The Hall–Kier alpha value is -2.17. The number of hydrogen-bond acceptors (Lipinski definition) is 7. The molecule has 3 heterocycles. The van der Waals surface area contributed by atoms with E-state index in [1.165, 1.54) is 0 Å². The molecule has 0 saturated heterocycles. The van der Waals surface area contributed by atoms with Gasteiger partial charge in [0.15, 0.2) is 0 Å². The van der Waals surface area contributed by atoms with Crippen LogP contribution in [0.3, 0.4) is 0 Å². The van der Waals surface area contributed by atoms with E-state index in [0.717, 1.165) is 23.1 Å². The van der Waals surface area contributed by atoms with Crippen molar-refractivity contribution < 1.29 is 17.6 Å². The molecule has 0 amide bonds. The molecule has 3 aromatic heterocycles. The van der Waals surface area contributed by atoms with Crippen LogP contribution in [0, 0.1) is 13.8 Å². The first-order valence-electron chi connectivity index (χ1n) is 6.52. The Morgan fingerprint density at radius 1 is 1.22 bits per heavy atom. The molecule has 3 rings (SSSR count). The van der Waals surface area contributed by atoms with Crippen LogP contribution < -0.4 is 0 Å². The standard InChI is InChI=1S/C12H11F3N6OS/c1-5-4-6(2)21-10(16-5)17-11(20-21)23-7(3)8-18-19-9(22-8)12(13,14)15/h4,7H,1-3H3/t7-/m1/s1. The van der Waals surface area contributed by atoms with Crippen LogP contribution in [0.1, 0.15) is 35.3 Å². The fourth-order valence-electron chi connectivity index (χ4n) is 1.92. The van der Waals surface area contributed by atoms with E-state index in [4.69, 9.17) is 0 Å². The largest absolute Gasteiger partial charge is 0.470 e. The maximum absolute atomic E-state index is 12.5. The average Bonchev–Trinajstić information content (AvgIpc) is 3.04. The van der Waals surface area contributed by atoms with Crippen molar-refractivity contribution in [1.82, 2.24) is 29.8 Å². The summed E-state index contributed by atoms with van der Waals surface area (Å²) in [5.41, 5.74) is 1.66. The Morgan fingerprint density at radius 2 is 1.96 bits per heavy atom. The zero-order chi connectivity index (χ0) is 16.8. The molecule has 23 heavy (non-hydrogen) atoms. The lowest BCUT2D eigenvalue weighted by molar-refractivity contribution is -0.157. The molecule has 0 aliphatic heterocycles. The van der Waals surface area contributed by atoms with E-state index in [1.54, 1.807) is 11.4 Å². The van der Waals surface area contributed by atoms with Crippen molar-refractivity contribution in [3.63, 3.8) is 0 Å². The van der Waals surface area contributed by atoms with Crippen molar-refractivity contribution in [2.45, 2.75) is 37.4 Å². The minimum absolute atomic E-state index is 0.137. The first-order chi connectivity index (χ1) is 10.7. The van der Waals surface area contributed by atoms with Crippen LogP contribution in [0.5, 0.6) is 0 Å². The molecule has 0 N–H and O–H groups in total.